The molecule has 1 aromatic carbocycles. The van der Waals surface area contributed by atoms with Crippen LogP contribution in [0.25, 0.3) is 0 Å². The van der Waals surface area contributed by atoms with E-state index in [1.54, 1.807) is 12.1 Å². The minimum absolute atomic E-state index is 0.205. The van der Waals surface area contributed by atoms with Gasteiger partial charge in [0.15, 0.2) is 0 Å². The predicted molar refractivity (Wildman–Crippen MR) is 53.5 cm³/mol. The third kappa shape index (κ3) is 1.44. The van der Waals surface area contributed by atoms with E-state index in [1.807, 2.05) is 6.92 Å². The average Bonchev–Trinajstić information content (AvgIpc) is 2.18. The predicted octanol–water partition coefficient (Wildman–Crippen LogP) is 2.76. The molecule has 1 aromatic rings. The molecule has 1 nitrogen and oxygen atoms in total. The summed E-state index contributed by atoms with van der Waals surface area (Å²) in [5.74, 6) is -0.205. The van der Waals surface area contributed by atoms with Crippen LogP contribution in [0.3, 0.4) is 0 Å². The minimum Gasteiger partial charge on any atom is -0.385 e. The zero-order valence-corrected chi connectivity index (χ0v) is 8.39. The number of rotatable bonds is 1. The van der Waals surface area contributed by atoms with E-state index in [9.17, 15) is 9.50 Å². The lowest BCUT2D eigenvalue weighted by Gasteiger charge is -2.33. The summed E-state index contributed by atoms with van der Waals surface area (Å²) < 4.78 is 13.0. The summed E-state index contributed by atoms with van der Waals surface area (Å²) in [5.41, 5.74) is 1.18. The monoisotopic (exact) mass is 194 g/mol. The van der Waals surface area contributed by atoms with Gasteiger partial charge < -0.3 is 5.11 Å². The molecule has 0 saturated heterocycles. The van der Waals surface area contributed by atoms with E-state index in [2.05, 4.69) is 0 Å². The Morgan fingerprint density at radius 3 is 3.00 bits per heavy atom. The highest BCUT2D eigenvalue weighted by atomic mass is 19.1. The molecule has 0 aromatic heterocycles. The zero-order chi connectivity index (χ0) is 10.2. The Balaban J connectivity index is 2.50. The van der Waals surface area contributed by atoms with Crippen molar-refractivity contribution in [2.45, 2.75) is 38.2 Å². The molecule has 0 spiro atoms. The van der Waals surface area contributed by atoms with Crippen molar-refractivity contribution < 1.29 is 9.50 Å². The lowest BCUT2D eigenvalue weighted by molar-refractivity contribution is 0.0147. The molecule has 1 N–H and O–H groups in total. The van der Waals surface area contributed by atoms with Crippen LogP contribution in [0.4, 0.5) is 4.39 Å². The summed E-state index contributed by atoms with van der Waals surface area (Å²) in [5, 5.41) is 10.3. The second kappa shape index (κ2) is 3.35. The highest BCUT2D eigenvalue weighted by Crippen LogP contribution is 2.37. The van der Waals surface area contributed by atoms with Crippen molar-refractivity contribution in [3.63, 3.8) is 0 Å². The standard InChI is InChI=1S/C12H15FO/c1-2-12(14)7-3-4-9-8-10(13)5-6-11(9)12/h5-6,8,14H,2-4,7H2,1H3. The van der Waals surface area contributed by atoms with Crippen LogP contribution < -0.4 is 0 Å². The van der Waals surface area contributed by atoms with Crippen LogP contribution in [-0.2, 0) is 12.0 Å². The van der Waals surface area contributed by atoms with Crippen LogP contribution in [-0.4, -0.2) is 5.11 Å². The zero-order valence-electron chi connectivity index (χ0n) is 8.39. The molecule has 76 valence electrons. The van der Waals surface area contributed by atoms with Crippen LogP contribution in [0, 0.1) is 5.82 Å². The largest absolute Gasteiger partial charge is 0.385 e. The van der Waals surface area contributed by atoms with Gasteiger partial charge in [-0.25, -0.2) is 4.39 Å². The van der Waals surface area contributed by atoms with Crippen molar-refractivity contribution in [1.29, 1.82) is 0 Å². The van der Waals surface area contributed by atoms with Gasteiger partial charge in [0.1, 0.15) is 5.82 Å². The second-order valence-corrected chi connectivity index (χ2v) is 4.04. The average molecular weight is 194 g/mol. The van der Waals surface area contributed by atoms with Gasteiger partial charge in [0.2, 0.25) is 0 Å². The SMILES string of the molecule is CCC1(O)CCCc2cc(F)ccc21. The second-order valence-electron chi connectivity index (χ2n) is 4.04. The minimum atomic E-state index is -0.721. The van der Waals surface area contributed by atoms with Crippen molar-refractivity contribution in [2.75, 3.05) is 0 Å². The fraction of sp³-hybridized carbons (Fsp3) is 0.500. The summed E-state index contributed by atoms with van der Waals surface area (Å²) >= 11 is 0. The highest BCUT2D eigenvalue weighted by Gasteiger charge is 2.32. The van der Waals surface area contributed by atoms with Gasteiger partial charge in [0.25, 0.3) is 0 Å². The van der Waals surface area contributed by atoms with Crippen LogP contribution in [0.15, 0.2) is 18.2 Å². The van der Waals surface area contributed by atoms with Gasteiger partial charge in [-0.05, 0) is 48.9 Å². The lowest BCUT2D eigenvalue weighted by Crippen LogP contribution is -2.29. The van der Waals surface area contributed by atoms with E-state index in [4.69, 9.17) is 0 Å². The molecule has 0 radical (unpaired) electrons. The van der Waals surface area contributed by atoms with Gasteiger partial charge in [-0.2, -0.15) is 0 Å². The first-order chi connectivity index (χ1) is 6.65. The maximum atomic E-state index is 13.0. The van der Waals surface area contributed by atoms with Crippen LogP contribution in [0.5, 0.6) is 0 Å². The van der Waals surface area contributed by atoms with Crippen molar-refractivity contribution in [3.8, 4) is 0 Å². The van der Waals surface area contributed by atoms with E-state index in [1.165, 1.54) is 6.07 Å². The first kappa shape index (κ1) is 9.66. The third-order valence-corrected chi connectivity index (χ3v) is 3.19. The van der Waals surface area contributed by atoms with E-state index < -0.39 is 5.60 Å². The Morgan fingerprint density at radius 1 is 1.50 bits per heavy atom. The maximum absolute atomic E-state index is 13.0. The van der Waals surface area contributed by atoms with E-state index in [0.717, 1.165) is 30.4 Å². The molecule has 2 heteroatoms. The van der Waals surface area contributed by atoms with E-state index in [-0.39, 0.29) is 5.82 Å². The summed E-state index contributed by atoms with van der Waals surface area (Å²) in [6.45, 7) is 1.97. The summed E-state index contributed by atoms with van der Waals surface area (Å²) in [4.78, 5) is 0. The van der Waals surface area contributed by atoms with Gasteiger partial charge in [-0.3, -0.25) is 0 Å². The molecule has 0 heterocycles. The highest BCUT2D eigenvalue weighted by molar-refractivity contribution is 5.35. The number of fused-ring (bicyclic) bond motifs is 1. The van der Waals surface area contributed by atoms with Crippen LogP contribution in [0.1, 0.15) is 37.3 Å². The topological polar surface area (TPSA) is 20.2 Å². The first-order valence-corrected chi connectivity index (χ1v) is 5.17. The Bertz CT molecular complexity index is 348. The van der Waals surface area contributed by atoms with Crippen molar-refractivity contribution in [1.82, 2.24) is 0 Å². The smallest absolute Gasteiger partial charge is 0.123 e. The van der Waals surface area contributed by atoms with Crippen molar-refractivity contribution >= 4 is 0 Å². The fourth-order valence-corrected chi connectivity index (χ4v) is 2.30. The number of benzene rings is 1. The summed E-state index contributed by atoms with van der Waals surface area (Å²) in [7, 11) is 0. The summed E-state index contributed by atoms with van der Waals surface area (Å²) in [6.07, 6.45) is 3.32. The number of aliphatic hydroxyl groups is 1. The van der Waals surface area contributed by atoms with Crippen LogP contribution in [0.2, 0.25) is 0 Å². The molecule has 1 unspecified atom stereocenters. The molecule has 1 aliphatic carbocycles. The molecule has 1 atom stereocenters. The van der Waals surface area contributed by atoms with Crippen molar-refractivity contribution in [2.24, 2.45) is 0 Å². The van der Waals surface area contributed by atoms with Crippen molar-refractivity contribution in [3.05, 3.63) is 35.1 Å². The van der Waals surface area contributed by atoms with Gasteiger partial charge in [0.05, 0.1) is 5.60 Å². The molecule has 0 amide bonds. The summed E-state index contributed by atoms with van der Waals surface area (Å²) in [6, 6.07) is 4.72. The normalized spacial score (nSPS) is 25.9. The van der Waals surface area contributed by atoms with E-state index >= 15 is 0 Å². The number of aryl methyl sites for hydroxylation is 1. The van der Waals surface area contributed by atoms with Gasteiger partial charge in [0, 0.05) is 0 Å². The number of hydrogen-bond donors (Lipinski definition) is 1. The Hall–Kier alpha value is -0.890. The Morgan fingerprint density at radius 2 is 2.29 bits per heavy atom. The fourth-order valence-electron chi connectivity index (χ4n) is 2.30. The maximum Gasteiger partial charge on any atom is 0.123 e. The van der Waals surface area contributed by atoms with Gasteiger partial charge in [-0.15, -0.1) is 0 Å². The molecule has 1 aliphatic rings. The first-order valence-electron chi connectivity index (χ1n) is 5.17. The molecule has 14 heavy (non-hydrogen) atoms. The lowest BCUT2D eigenvalue weighted by atomic mass is 9.78. The molecule has 0 aliphatic heterocycles. The quantitative estimate of drug-likeness (QED) is 0.728. The number of halogens is 1. The molecular formula is C12H15FO. The molecular weight excluding hydrogens is 179 g/mol. The molecule has 2 rings (SSSR count). The number of hydrogen-bond acceptors (Lipinski definition) is 1. The molecule has 0 saturated carbocycles. The van der Waals surface area contributed by atoms with Gasteiger partial charge >= 0.3 is 0 Å². The van der Waals surface area contributed by atoms with Gasteiger partial charge in [-0.1, -0.05) is 13.0 Å². The molecule has 0 bridgehead atoms. The molecule has 0 fully saturated rings. The van der Waals surface area contributed by atoms with E-state index in [0.29, 0.717) is 6.42 Å². The third-order valence-electron chi connectivity index (χ3n) is 3.19. The Labute approximate surface area is 83.6 Å². The van der Waals surface area contributed by atoms with Crippen LogP contribution >= 0.6 is 0 Å². The Kier molecular flexibility index (Phi) is 2.31.